The van der Waals surface area contributed by atoms with E-state index >= 15 is 0 Å². The van der Waals surface area contributed by atoms with Crippen LogP contribution < -0.4 is 10.2 Å². The predicted molar refractivity (Wildman–Crippen MR) is 81.2 cm³/mol. The van der Waals surface area contributed by atoms with Crippen molar-refractivity contribution in [2.45, 2.75) is 32.7 Å². The summed E-state index contributed by atoms with van der Waals surface area (Å²) in [5, 5.41) is 11.8. The Balaban J connectivity index is 2.19. The van der Waals surface area contributed by atoms with Gasteiger partial charge in [0.25, 0.3) is 5.91 Å². The van der Waals surface area contributed by atoms with E-state index in [0.717, 1.165) is 6.42 Å². The number of hydrogen-bond acceptors (Lipinski definition) is 3. The lowest BCUT2D eigenvalue weighted by Gasteiger charge is -2.20. The lowest BCUT2D eigenvalue weighted by molar-refractivity contribution is -0.117. The van der Waals surface area contributed by atoms with Crippen LogP contribution in [0, 0.1) is 11.7 Å². The third-order valence-corrected chi connectivity index (χ3v) is 4.08. The van der Waals surface area contributed by atoms with Gasteiger partial charge in [-0.05, 0) is 37.5 Å². The first-order valence-electron chi connectivity index (χ1n) is 7.45. The molecule has 5 nitrogen and oxygen atoms in total. The van der Waals surface area contributed by atoms with Crippen LogP contribution in [0.25, 0.3) is 0 Å². The summed E-state index contributed by atoms with van der Waals surface area (Å²) in [5.74, 6) is -1.31. The minimum absolute atomic E-state index is 0.0137. The number of anilines is 1. The summed E-state index contributed by atoms with van der Waals surface area (Å²) < 4.78 is 13.9. The Kier molecular flexibility index (Phi) is 5.13. The quantitative estimate of drug-likeness (QED) is 0.870. The van der Waals surface area contributed by atoms with E-state index < -0.39 is 11.7 Å². The lowest BCUT2D eigenvalue weighted by Crippen LogP contribution is -2.38. The zero-order chi connectivity index (χ0) is 16.3. The molecular formula is C16H21FN2O3. The first-order valence-corrected chi connectivity index (χ1v) is 7.45. The first-order chi connectivity index (χ1) is 10.4. The molecular weight excluding hydrogens is 287 g/mol. The van der Waals surface area contributed by atoms with Crippen molar-refractivity contribution in [2.24, 2.45) is 5.92 Å². The molecule has 6 heteroatoms. The van der Waals surface area contributed by atoms with Crippen LogP contribution in [0.4, 0.5) is 10.1 Å². The molecule has 22 heavy (non-hydrogen) atoms. The number of benzene rings is 1. The Morgan fingerprint density at radius 3 is 2.77 bits per heavy atom. The molecule has 2 amide bonds. The normalized spacial score (nSPS) is 17.5. The van der Waals surface area contributed by atoms with Gasteiger partial charge in [-0.3, -0.25) is 9.59 Å². The average Bonchev–Trinajstić information content (AvgIpc) is 2.92. The van der Waals surface area contributed by atoms with E-state index in [9.17, 15) is 14.0 Å². The molecule has 2 rings (SSSR count). The van der Waals surface area contributed by atoms with Crippen molar-refractivity contribution >= 4 is 17.5 Å². The Hall–Kier alpha value is -1.95. The molecule has 1 aromatic carbocycles. The Morgan fingerprint density at radius 1 is 1.45 bits per heavy atom. The van der Waals surface area contributed by atoms with E-state index in [0.29, 0.717) is 18.7 Å². The Morgan fingerprint density at radius 2 is 2.18 bits per heavy atom. The van der Waals surface area contributed by atoms with Gasteiger partial charge in [-0.15, -0.1) is 0 Å². The van der Waals surface area contributed by atoms with Gasteiger partial charge in [0.2, 0.25) is 5.91 Å². The van der Waals surface area contributed by atoms with Gasteiger partial charge in [0.05, 0.1) is 5.56 Å². The number of rotatable bonds is 5. The van der Waals surface area contributed by atoms with Crippen molar-refractivity contribution in [2.75, 3.05) is 18.1 Å². The molecule has 1 heterocycles. The fourth-order valence-electron chi connectivity index (χ4n) is 2.36. The highest BCUT2D eigenvalue weighted by molar-refractivity contribution is 5.99. The molecule has 0 saturated carbocycles. The van der Waals surface area contributed by atoms with Gasteiger partial charge in [-0.25, -0.2) is 4.39 Å². The van der Waals surface area contributed by atoms with Crippen LogP contribution in [0.1, 0.15) is 37.0 Å². The highest BCUT2D eigenvalue weighted by atomic mass is 19.1. The van der Waals surface area contributed by atoms with Gasteiger partial charge < -0.3 is 15.3 Å². The van der Waals surface area contributed by atoms with Gasteiger partial charge in [-0.1, -0.05) is 6.92 Å². The van der Waals surface area contributed by atoms with Crippen molar-refractivity contribution in [3.8, 4) is 0 Å². The molecule has 1 aromatic rings. The summed E-state index contributed by atoms with van der Waals surface area (Å²) in [5.41, 5.74) is 0.450. The van der Waals surface area contributed by atoms with Crippen LogP contribution in [0.5, 0.6) is 0 Å². The molecule has 2 atom stereocenters. The molecule has 0 aromatic heterocycles. The number of hydrogen-bond donors (Lipinski definition) is 2. The van der Waals surface area contributed by atoms with E-state index in [1.165, 1.54) is 18.2 Å². The summed E-state index contributed by atoms with van der Waals surface area (Å²) in [6.07, 6.45) is 1.24. The van der Waals surface area contributed by atoms with Crippen LogP contribution in [0.2, 0.25) is 0 Å². The molecule has 1 saturated heterocycles. The number of aliphatic hydroxyl groups is 1. The van der Waals surface area contributed by atoms with Crippen molar-refractivity contribution in [3.05, 3.63) is 29.6 Å². The summed E-state index contributed by atoms with van der Waals surface area (Å²) in [4.78, 5) is 25.5. The zero-order valence-electron chi connectivity index (χ0n) is 12.8. The van der Waals surface area contributed by atoms with E-state index in [1.807, 2.05) is 0 Å². The molecule has 1 fully saturated rings. The lowest BCUT2D eigenvalue weighted by atomic mass is 10.0. The maximum atomic E-state index is 13.9. The maximum absolute atomic E-state index is 13.9. The van der Waals surface area contributed by atoms with Crippen molar-refractivity contribution in [1.82, 2.24) is 5.32 Å². The molecule has 2 unspecified atom stereocenters. The third-order valence-electron chi connectivity index (χ3n) is 4.08. The number of amides is 2. The van der Waals surface area contributed by atoms with Crippen molar-refractivity contribution in [1.29, 1.82) is 0 Å². The highest BCUT2D eigenvalue weighted by Gasteiger charge is 2.24. The number of carbonyl (C=O) groups excluding carboxylic acids is 2. The van der Waals surface area contributed by atoms with E-state index in [2.05, 4.69) is 5.32 Å². The fourth-order valence-corrected chi connectivity index (χ4v) is 2.36. The zero-order valence-corrected chi connectivity index (χ0v) is 12.8. The second-order valence-electron chi connectivity index (χ2n) is 5.74. The molecule has 120 valence electrons. The van der Waals surface area contributed by atoms with Crippen LogP contribution in [-0.2, 0) is 4.79 Å². The summed E-state index contributed by atoms with van der Waals surface area (Å²) in [7, 11) is 0. The molecule has 1 aliphatic heterocycles. The number of nitrogens with zero attached hydrogens (tertiary/aromatic N) is 1. The number of aliphatic hydroxyl groups excluding tert-OH is 1. The Labute approximate surface area is 129 Å². The van der Waals surface area contributed by atoms with Gasteiger partial charge in [0.15, 0.2) is 0 Å². The molecule has 0 radical (unpaired) electrons. The standard InChI is InChI=1S/C16H21FN2O3/c1-10(9-20)11(2)18-16(22)13-8-12(5-6-14(13)17)19-7-3-4-15(19)21/h5-6,8,10-11,20H,3-4,7,9H2,1-2H3,(H,18,22). The maximum Gasteiger partial charge on any atom is 0.254 e. The van der Waals surface area contributed by atoms with Crippen molar-refractivity contribution < 1.29 is 19.1 Å². The monoisotopic (exact) mass is 308 g/mol. The SMILES string of the molecule is CC(CO)C(C)NC(=O)c1cc(N2CCCC2=O)ccc1F. The second kappa shape index (κ2) is 6.87. The number of carbonyl (C=O) groups is 2. The average molecular weight is 308 g/mol. The minimum atomic E-state index is -0.628. The summed E-state index contributed by atoms with van der Waals surface area (Å²) in [6.45, 7) is 4.07. The first kappa shape index (κ1) is 16.4. The van der Waals surface area contributed by atoms with Gasteiger partial charge in [0.1, 0.15) is 5.82 Å². The van der Waals surface area contributed by atoms with Gasteiger partial charge in [0, 0.05) is 31.3 Å². The predicted octanol–water partition coefficient (Wildman–Crippen LogP) is 1.70. The summed E-state index contributed by atoms with van der Waals surface area (Å²) >= 11 is 0. The minimum Gasteiger partial charge on any atom is -0.396 e. The molecule has 2 N–H and O–H groups in total. The van der Waals surface area contributed by atoms with Crippen molar-refractivity contribution in [3.63, 3.8) is 0 Å². The van der Waals surface area contributed by atoms with Crippen LogP contribution >= 0.6 is 0 Å². The smallest absolute Gasteiger partial charge is 0.254 e. The Bertz CT molecular complexity index is 577. The van der Waals surface area contributed by atoms with Gasteiger partial charge >= 0.3 is 0 Å². The number of halogens is 1. The molecule has 1 aliphatic rings. The van der Waals surface area contributed by atoms with Crippen LogP contribution in [-0.4, -0.2) is 36.1 Å². The van der Waals surface area contributed by atoms with Crippen LogP contribution in [0.3, 0.4) is 0 Å². The van der Waals surface area contributed by atoms with Crippen LogP contribution in [0.15, 0.2) is 18.2 Å². The summed E-state index contributed by atoms with van der Waals surface area (Å²) in [6, 6.07) is 3.84. The van der Waals surface area contributed by atoms with Gasteiger partial charge in [-0.2, -0.15) is 0 Å². The van der Waals surface area contributed by atoms with E-state index in [-0.39, 0.29) is 30.0 Å². The van der Waals surface area contributed by atoms with E-state index in [4.69, 9.17) is 5.11 Å². The number of nitrogens with one attached hydrogen (secondary N) is 1. The fraction of sp³-hybridized carbons (Fsp3) is 0.500. The highest BCUT2D eigenvalue weighted by Crippen LogP contribution is 2.24. The second-order valence-corrected chi connectivity index (χ2v) is 5.74. The molecule has 0 bridgehead atoms. The third kappa shape index (κ3) is 3.44. The largest absolute Gasteiger partial charge is 0.396 e. The van der Waals surface area contributed by atoms with E-state index in [1.54, 1.807) is 18.7 Å². The molecule has 0 aliphatic carbocycles. The molecule has 0 spiro atoms. The topological polar surface area (TPSA) is 69.6 Å².